The molecule has 0 spiro atoms. The van der Waals surface area contributed by atoms with Gasteiger partial charge < -0.3 is 32.1 Å². The summed E-state index contributed by atoms with van der Waals surface area (Å²) in [6.45, 7) is 1.93. The molecule has 0 aromatic heterocycles. The lowest BCUT2D eigenvalue weighted by Crippen LogP contribution is -2.07. The van der Waals surface area contributed by atoms with Gasteiger partial charge in [-0.15, -0.1) is 0 Å². The van der Waals surface area contributed by atoms with Crippen LogP contribution in [0.2, 0.25) is 0 Å². The van der Waals surface area contributed by atoms with Crippen LogP contribution in [0.5, 0.6) is 0 Å². The monoisotopic (exact) mass is 291 g/mol. The van der Waals surface area contributed by atoms with Crippen molar-refractivity contribution in [1.29, 1.82) is 0 Å². The second kappa shape index (κ2) is 10.4. The molecule has 1 aromatic rings. The van der Waals surface area contributed by atoms with Crippen LogP contribution >= 0.6 is 0 Å². The van der Waals surface area contributed by atoms with Crippen molar-refractivity contribution >= 4 is 17.9 Å². The zero-order chi connectivity index (χ0) is 14.3. The molecule has 0 bridgehead atoms. The van der Waals surface area contributed by atoms with Gasteiger partial charge in [0.1, 0.15) is 0 Å². The van der Waals surface area contributed by atoms with Gasteiger partial charge in [0.2, 0.25) is 0 Å². The van der Waals surface area contributed by atoms with E-state index in [4.69, 9.17) is 20.4 Å². The summed E-state index contributed by atoms with van der Waals surface area (Å²) in [4.78, 5) is 31.7. The number of aliphatic hydroxyl groups is 1. The van der Waals surface area contributed by atoms with Crippen LogP contribution in [0.1, 0.15) is 38.0 Å². The van der Waals surface area contributed by atoms with E-state index >= 15 is 0 Å². The average molecular weight is 291 g/mol. The molecular formula is C11H17NO8. The Bertz CT molecular complexity index is 392. The van der Waals surface area contributed by atoms with E-state index in [1.807, 2.05) is 0 Å². The summed E-state index contributed by atoms with van der Waals surface area (Å²) in [6, 6.07) is 2.70. The van der Waals surface area contributed by atoms with Crippen LogP contribution in [0.3, 0.4) is 0 Å². The largest absolute Gasteiger partial charge is 0.478 e. The highest BCUT2D eigenvalue weighted by molar-refractivity contribution is 5.98. The van der Waals surface area contributed by atoms with Crippen LogP contribution in [-0.2, 0) is 0 Å². The molecule has 0 aliphatic heterocycles. The van der Waals surface area contributed by atoms with Crippen LogP contribution < -0.4 is 6.15 Å². The Morgan fingerprint density at radius 1 is 0.850 bits per heavy atom. The summed E-state index contributed by atoms with van der Waals surface area (Å²) in [5.41, 5.74) is -1.10. The Kier molecular flexibility index (Phi) is 11.8. The van der Waals surface area contributed by atoms with Gasteiger partial charge in [-0.05, 0) is 25.1 Å². The third-order valence-corrected chi connectivity index (χ3v) is 1.67. The number of benzene rings is 1. The SMILES string of the molecule is CCO.N.O.O=C(O)c1cc(C(=O)O)cc(C(=O)O)c1. The summed E-state index contributed by atoms with van der Waals surface area (Å²) in [7, 11) is 0. The number of hydrogen-bond acceptors (Lipinski definition) is 5. The van der Waals surface area contributed by atoms with Crippen molar-refractivity contribution in [3.8, 4) is 0 Å². The van der Waals surface area contributed by atoms with Gasteiger partial charge in [0.05, 0.1) is 16.7 Å². The Hall–Kier alpha value is -2.49. The molecule has 20 heavy (non-hydrogen) atoms. The van der Waals surface area contributed by atoms with E-state index in [9.17, 15) is 14.4 Å². The maximum absolute atomic E-state index is 10.6. The highest BCUT2D eigenvalue weighted by Crippen LogP contribution is 2.11. The quantitative estimate of drug-likeness (QED) is 0.516. The first-order valence-corrected chi connectivity index (χ1v) is 4.79. The van der Waals surface area contributed by atoms with Crippen LogP contribution in [0.25, 0.3) is 0 Å². The minimum Gasteiger partial charge on any atom is -0.478 e. The molecule has 0 fully saturated rings. The Labute approximate surface area is 114 Å². The molecule has 0 heterocycles. The number of carbonyl (C=O) groups is 3. The number of rotatable bonds is 3. The van der Waals surface area contributed by atoms with E-state index < -0.39 is 17.9 Å². The van der Waals surface area contributed by atoms with Gasteiger partial charge in [-0.25, -0.2) is 14.4 Å². The molecule has 0 amide bonds. The van der Waals surface area contributed by atoms with Crippen molar-refractivity contribution in [1.82, 2.24) is 6.15 Å². The van der Waals surface area contributed by atoms with Gasteiger partial charge in [-0.3, -0.25) is 0 Å². The number of carboxylic acid groups (broad SMARTS) is 3. The first-order valence-electron chi connectivity index (χ1n) is 4.79. The number of aliphatic hydroxyl groups excluding tert-OH is 1. The van der Waals surface area contributed by atoms with Crippen molar-refractivity contribution in [2.45, 2.75) is 6.92 Å². The van der Waals surface area contributed by atoms with Gasteiger partial charge in [-0.1, -0.05) is 0 Å². The molecule has 9 N–H and O–H groups in total. The maximum atomic E-state index is 10.6. The highest BCUT2D eigenvalue weighted by Gasteiger charge is 2.14. The fraction of sp³-hybridized carbons (Fsp3) is 0.182. The summed E-state index contributed by atoms with van der Waals surface area (Å²) in [5, 5.41) is 33.4. The van der Waals surface area contributed by atoms with E-state index in [0.29, 0.717) is 0 Å². The maximum Gasteiger partial charge on any atom is 0.335 e. The van der Waals surface area contributed by atoms with Gasteiger partial charge in [0, 0.05) is 6.61 Å². The van der Waals surface area contributed by atoms with E-state index in [2.05, 4.69) is 0 Å². The molecule has 0 atom stereocenters. The van der Waals surface area contributed by atoms with Crippen molar-refractivity contribution in [2.75, 3.05) is 6.61 Å². The molecule has 1 aromatic carbocycles. The zero-order valence-electron chi connectivity index (χ0n) is 10.7. The third kappa shape index (κ3) is 7.06. The van der Waals surface area contributed by atoms with E-state index in [-0.39, 0.29) is 34.9 Å². The van der Waals surface area contributed by atoms with Crippen molar-refractivity contribution < 1.29 is 40.3 Å². The number of hydrogen-bond donors (Lipinski definition) is 5. The highest BCUT2D eigenvalue weighted by atomic mass is 16.4. The van der Waals surface area contributed by atoms with Gasteiger partial charge >= 0.3 is 17.9 Å². The fourth-order valence-corrected chi connectivity index (χ4v) is 0.998. The summed E-state index contributed by atoms with van der Waals surface area (Å²) in [5.74, 6) is -4.12. The molecule has 0 saturated heterocycles. The van der Waals surface area contributed by atoms with Crippen LogP contribution in [0.15, 0.2) is 18.2 Å². The molecule has 0 aliphatic carbocycles. The van der Waals surface area contributed by atoms with E-state index in [1.54, 1.807) is 6.92 Å². The van der Waals surface area contributed by atoms with E-state index in [0.717, 1.165) is 18.2 Å². The van der Waals surface area contributed by atoms with E-state index in [1.165, 1.54) is 0 Å². The minimum atomic E-state index is -1.37. The first kappa shape index (κ1) is 22.7. The molecule has 0 aliphatic rings. The normalized spacial score (nSPS) is 8.10. The molecule has 114 valence electrons. The molecule has 0 radical (unpaired) electrons. The second-order valence-corrected chi connectivity index (χ2v) is 3.03. The van der Waals surface area contributed by atoms with Gasteiger partial charge in [-0.2, -0.15) is 0 Å². The molecule has 9 nitrogen and oxygen atoms in total. The lowest BCUT2D eigenvalue weighted by Gasteiger charge is -2.00. The lowest BCUT2D eigenvalue weighted by atomic mass is 10.1. The van der Waals surface area contributed by atoms with Crippen LogP contribution in [0, 0.1) is 0 Å². The lowest BCUT2D eigenvalue weighted by molar-refractivity contribution is 0.0696. The van der Waals surface area contributed by atoms with Gasteiger partial charge in [0.25, 0.3) is 0 Å². The summed E-state index contributed by atoms with van der Waals surface area (Å²) in [6.07, 6.45) is 0. The molecular weight excluding hydrogens is 274 g/mol. The summed E-state index contributed by atoms with van der Waals surface area (Å²) < 4.78 is 0. The summed E-state index contributed by atoms with van der Waals surface area (Å²) >= 11 is 0. The Morgan fingerprint density at radius 2 is 1.00 bits per heavy atom. The number of carboxylic acids is 3. The van der Waals surface area contributed by atoms with Crippen molar-refractivity contribution in [2.24, 2.45) is 0 Å². The molecule has 0 unspecified atom stereocenters. The van der Waals surface area contributed by atoms with Crippen LogP contribution in [0.4, 0.5) is 0 Å². The zero-order valence-corrected chi connectivity index (χ0v) is 10.7. The second-order valence-electron chi connectivity index (χ2n) is 3.03. The Morgan fingerprint density at radius 3 is 1.10 bits per heavy atom. The Balaban J connectivity index is -0.000000530. The number of aromatic carboxylic acids is 3. The predicted octanol–water partition coefficient (Wildman–Crippen LogP) is 0.117. The standard InChI is InChI=1S/C9H6O6.C2H6O.H3N.H2O/c10-7(11)4-1-5(8(12)13)3-6(2-4)9(14)15;1-2-3;;/h1-3H,(H,10,11)(H,12,13)(H,14,15);3H,2H2,1H3;1H3;1H2. The average Bonchev–Trinajstić information content (AvgIpc) is 2.29. The van der Waals surface area contributed by atoms with Crippen molar-refractivity contribution in [3.05, 3.63) is 34.9 Å². The first-order chi connectivity index (χ1) is 8.33. The van der Waals surface area contributed by atoms with Crippen LogP contribution in [-0.4, -0.2) is 50.4 Å². The van der Waals surface area contributed by atoms with Crippen molar-refractivity contribution in [3.63, 3.8) is 0 Å². The molecule has 1 rings (SSSR count). The third-order valence-electron chi connectivity index (χ3n) is 1.67. The molecule has 0 saturated carbocycles. The topological polar surface area (TPSA) is 199 Å². The predicted molar refractivity (Wildman–Crippen MR) is 68.7 cm³/mol. The van der Waals surface area contributed by atoms with Gasteiger partial charge in [0.15, 0.2) is 0 Å². The fourth-order valence-electron chi connectivity index (χ4n) is 0.998. The smallest absolute Gasteiger partial charge is 0.335 e. The minimum absolute atomic E-state index is 0. The molecule has 9 heteroatoms.